The van der Waals surface area contributed by atoms with Crippen molar-refractivity contribution in [1.82, 2.24) is 0 Å². The molecule has 0 aliphatic rings. The Labute approximate surface area is 115 Å². The number of carbonyl (C=O) groups excluding carboxylic acids is 1. The molecule has 0 saturated carbocycles. The molecule has 0 saturated heterocycles. The van der Waals surface area contributed by atoms with Crippen molar-refractivity contribution in [3.63, 3.8) is 0 Å². The average Bonchev–Trinajstić information content (AvgIpc) is 2.26. The van der Waals surface area contributed by atoms with Crippen molar-refractivity contribution in [2.45, 2.75) is 12.4 Å². The van der Waals surface area contributed by atoms with Crippen LogP contribution in [0.3, 0.4) is 0 Å². The number of hydrogen-bond donors (Lipinski definition) is 1. The monoisotopic (exact) mass is 317 g/mol. The fourth-order valence-corrected chi connectivity index (χ4v) is 1.19. The SMILES string of the molecule is C#CC(=O)Nc1cc(C(F)(F)F)cc(C(F)(F)F)c1.Cl. The molecule has 0 fully saturated rings. The summed E-state index contributed by atoms with van der Waals surface area (Å²) in [6, 6.07) is 0.681. The maximum Gasteiger partial charge on any atom is 0.416 e. The van der Waals surface area contributed by atoms with Gasteiger partial charge in [-0.1, -0.05) is 0 Å². The van der Waals surface area contributed by atoms with E-state index >= 15 is 0 Å². The molecule has 1 rings (SSSR count). The van der Waals surface area contributed by atoms with Crippen LogP contribution in [0.5, 0.6) is 0 Å². The van der Waals surface area contributed by atoms with Gasteiger partial charge in [-0.15, -0.1) is 18.8 Å². The molecule has 1 N–H and O–H groups in total. The molecule has 0 aromatic heterocycles. The molecule has 1 amide bonds. The summed E-state index contributed by atoms with van der Waals surface area (Å²) in [4.78, 5) is 10.8. The predicted octanol–water partition coefficient (Wildman–Crippen LogP) is 3.72. The number of rotatable bonds is 1. The van der Waals surface area contributed by atoms with Gasteiger partial charge in [0.2, 0.25) is 0 Å². The molecule has 0 unspecified atom stereocenters. The Morgan fingerprint density at radius 2 is 1.40 bits per heavy atom. The van der Waals surface area contributed by atoms with Gasteiger partial charge in [0.25, 0.3) is 5.91 Å². The molecular formula is C11H6ClF6NO. The van der Waals surface area contributed by atoms with Crippen molar-refractivity contribution in [2.75, 3.05) is 5.32 Å². The van der Waals surface area contributed by atoms with E-state index in [1.165, 1.54) is 5.92 Å². The molecule has 110 valence electrons. The molecule has 9 heteroatoms. The molecule has 20 heavy (non-hydrogen) atoms. The zero-order valence-corrected chi connectivity index (χ0v) is 10.2. The van der Waals surface area contributed by atoms with Gasteiger partial charge < -0.3 is 5.32 Å². The van der Waals surface area contributed by atoms with Crippen LogP contribution in [-0.2, 0) is 17.1 Å². The molecule has 0 radical (unpaired) electrons. The zero-order chi connectivity index (χ0) is 14.8. The number of hydrogen-bond acceptors (Lipinski definition) is 1. The van der Waals surface area contributed by atoms with Crippen molar-refractivity contribution in [3.05, 3.63) is 29.3 Å². The van der Waals surface area contributed by atoms with Crippen LogP contribution in [0.1, 0.15) is 11.1 Å². The van der Waals surface area contributed by atoms with Crippen LogP contribution in [0.2, 0.25) is 0 Å². The minimum Gasteiger partial charge on any atom is -0.315 e. The highest BCUT2D eigenvalue weighted by Crippen LogP contribution is 2.37. The smallest absolute Gasteiger partial charge is 0.315 e. The van der Waals surface area contributed by atoms with Crippen molar-refractivity contribution in [2.24, 2.45) is 0 Å². The molecule has 1 aromatic rings. The number of halogens is 7. The highest BCUT2D eigenvalue weighted by Gasteiger charge is 2.37. The fourth-order valence-electron chi connectivity index (χ4n) is 1.19. The minimum atomic E-state index is -4.98. The summed E-state index contributed by atoms with van der Waals surface area (Å²) in [5, 5.41) is 1.74. The van der Waals surface area contributed by atoms with E-state index in [9.17, 15) is 31.1 Å². The van der Waals surface area contributed by atoms with Gasteiger partial charge in [-0.25, -0.2) is 0 Å². The predicted molar refractivity (Wildman–Crippen MR) is 61.2 cm³/mol. The largest absolute Gasteiger partial charge is 0.416 e. The Morgan fingerprint density at radius 3 is 1.70 bits per heavy atom. The van der Waals surface area contributed by atoms with Gasteiger partial charge in [-0.05, 0) is 24.1 Å². The van der Waals surface area contributed by atoms with Gasteiger partial charge >= 0.3 is 12.4 Å². The third kappa shape index (κ3) is 4.66. The highest BCUT2D eigenvalue weighted by molar-refractivity contribution is 6.03. The summed E-state index contributed by atoms with van der Waals surface area (Å²) in [5.41, 5.74) is -3.74. The van der Waals surface area contributed by atoms with E-state index in [0.29, 0.717) is 12.1 Å². The summed E-state index contributed by atoms with van der Waals surface area (Å²) >= 11 is 0. The lowest BCUT2D eigenvalue weighted by Crippen LogP contribution is -2.14. The second kappa shape index (κ2) is 6.05. The van der Waals surface area contributed by atoms with Crippen LogP contribution in [0, 0.1) is 12.3 Å². The standard InChI is InChI=1S/C11H5F6NO.ClH/c1-2-9(19)18-8-4-6(10(12,13)14)3-7(5-8)11(15,16)17;/h1,3-5H,(H,18,19);1H. The van der Waals surface area contributed by atoms with E-state index in [0.717, 1.165) is 0 Å². The number of carbonyl (C=O) groups is 1. The third-order valence-corrected chi connectivity index (χ3v) is 1.98. The summed E-state index contributed by atoms with van der Waals surface area (Å²) < 4.78 is 74.6. The lowest BCUT2D eigenvalue weighted by atomic mass is 10.1. The van der Waals surface area contributed by atoms with Gasteiger partial charge in [-0.2, -0.15) is 26.3 Å². The first-order valence-electron chi connectivity index (χ1n) is 4.61. The first-order chi connectivity index (χ1) is 8.54. The lowest BCUT2D eigenvalue weighted by Gasteiger charge is -2.14. The summed E-state index contributed by atoms with van der Waals surface area (Å²) in [6.45, 7) is 0. The zero-order valence-electron chi connectivity index (χ0n) is 9.39. The molecule has 2 nitrogen and oxygen atoms in total. The summed E-state index contributed by atoms with van der Waals surface area (Å²) in [6.07, 6.45) is -5.29. The molecular weight excluding hydrogens is 312 g/mol. The lowest BCUT2D eigenvalue weighted by molar-refractivity contribution is -0.143. The first kappa shape index (κ1) is 18.1. The molecule has 0 aliphatic heterocycles. The Balaban J connectivity index is 0.00000361. The van der Waals surface area contributed by atoms with Crippen LogP contribution < -0.4 is 5.32 Å². The maximum atomic E-state index is 12.4. The van der Waals surface area contributed by atoms with E-state index < -0.39 is 35.1 Å². The average molecular weight is 318 g/mol. The maximum absolute atomic E-state index is 12.4. The number of terminal acetylenes is 1. The highest BCUT2D eigenvalue weighted by atomic mass is 35.5. The van der Waals surface area contributed by atoms with Crippen LogP contribution in [0.25, 0.3) is 0 Å². The van der Waals surface area contributed by atoms with E-state index in [-0.39, 0.29) is 18.5 Å². The van der Waals surface area contributed by atoms with Crippen LogP contribution in [0.4, 0.5) is 32.0 Å². The van der Waals surface area contributed by atoms with Gasteiger partial charge in [0.1, 0.15) is 0 Å². The normalized spacial score (nSPS) is 11.2. The quantitative estimate of drug-likeness (QED) is 0.621. The fraction of sp³-hybridized carbons (Fsp3) is 0.182. The van der Waals surface area contributed by atoms with Gasteiger partial charge in [0, 0.05) is 5.69 Å². The van der Waals surface area contributed by atoms with Crippen molar-refractivity contribution in [1.29, 1.82) is 0 Å². The van der Waals surface area contributed by atoms with Crippen molar-refractivity contribution >= 4 is 24.0 Å². The Morgan fingerprint density at radius 1 is 1.00 bits per heavy atom. The van der Waals surface area contributed by atoms with Crippen molar-refractivity contribution in [3.8, 4) is 12.3 Å². The topological polar surface area (TPSA) is 29.1 Å². The number of alkyl halides is 6. The molecule has 0 spiro atoms. The Hall–Kier alpha value is -1.88. The third-order valence-electron chi connectivity index (χ3n) is 1.98. The molecule has 0 heterocycles. The van der Waals surface area contributed by atoms with Gasteiger partial charge in [0.05, 0.1) is 11.1 Å². The van der Waals surface area contributed by atoms with Crippen LogP contribution in [-0.4, -0.2) is 5.91 Å². The van der Waals surface area contributed by atoms with Gasteiger partial charge in [-0.3, -0.25) is 4.79 Å². The second-order valence-corrected chi connectivity index (χ2v) is 3.39. The first-order valence-corrected chi connectivity index (χ1v) is 4.61. The number of nitrogens with one attached hydrogen (secondary N) is 1. The number of anilines is 1. The molecule has 1 aromatic carbocycles. The van der Waals surface area contributed by atoms with Gasteiger partial charge in [0.15, 0.2) is 0 Å². The Kier molecular flexibility index (Phi) is 5.48. The van der Waals surface area contributed by atoms with E-state index in [1.54, 1.807) is 5.32 Å². The summed E-state index contributed by atoms with van der Waals surface area (Å²) in [5.74, 6) is 0.371. The Bertz CT molecular complexity index is 511. The van der Waals surface area contributed by atoms with E-state index in [2.05, 4.69) is 6.42 Å². The van der Waals surface area contributed by atoms with Crippen LogP contribution in [0.15, 0.2) is 18.2 Å². The number of amides is 1. The minimum absolute atomic E-state index is 0. The van der Waals surface area contributed by atoms with E-state index in [1.807, 2.05) is 0 Å². The molecule has 0 atom stereocenters. The molecule has 0 bridgehead atoms. The summed E-state index contributed by atoms with van der Waals surface area (Å²) in [7, 11) is 0. The number of benzene rings is 1. The van der Waals surface area contributed by atoms with E-state index in [4.69, 9.17) is 0 Å². The second-order valence-electron chi connectivity index (χ2n) is 3.39. The molecule has 0 aliphatic carbocycles. The van der Waals surface area contributed by atoms with Crippen molar-refractivity contribution < 1.29 is 31.1 Å². The van der Waals surface area contributed by atoms with Crippen LogP contribution >= 0.6 is 12.4 Å².